The van der Waals surface area contributed by atoms with E-state index in [-0.39, 0.29) is 5.41 Å². The Labute approximate surface area is 436 Å². The number of rotatable bonds is 10. The summed E-state index contributed by atoms with van der Waals surface area (Å²) in [6, 6.07) is 95.0. The molecule has 1 aliphatic heterocycles. The molecule has 4 heteroatoms. The maximum absolute atomic E-state index is 4.06. The number of aryl methyl sites for hydroxylation is 1. The van der Waals surface area contributed by atoms with Crippen LogP contribution in [0.5, 0.6) is 0 Å². The number of para-hydroxylation sites is 2. The van der Waals surface area contributed by atoms with Crippen molar-refractivity contribution in [1.82, 2.24) is 0 Å². The van der Waals surface area contributed by atoms with Gasteiger partial charge >= 0.3 is 0 Å². The van der Waals surface area contributed by atoms with Gasteiger partial charge < -0.3 is 15.1 Å². The van der Waals surface area contributed by atoms with Gasteiger partial charge in [-0.15, -0.1) is 0 Å². The van der Waals surface area contributed by atoms with Crippen LogP contribution in [0, 0.1) is 6.92 Å². The lowest BCUT2D eigenvalue weighted by molar-refractivity contribution is 0.660. The molecule has 0 bridgehead atoms. The Balaban J connectivity index is 1.10. The predicted octanol–water partition coefficient (Wildman–Crippen LogP) is 17.6. The topological polar surface area (TPSA) is 18.5 Å². The highest BCUT2D eigenvalue weighted by atomic mass is 15.2. The minimum Gasteiger partial charge on any atom is -0.355 e. The molecule has 74 heavy (non-hydrogen) atoms. The van der Waals surface area contributed by atoms with E-state index in [0.29, 0.717) is 0 Å². The molecule has 0 saturated carbocycles. The van der Waals surface area contributed by atoms with E-state index in [2.05, 4.69) is 304 Å². The molecule has 0 saturated heterocycles. The van der Waals surface area contributed by atoms with Crippen LogP contribution in [0.25, 0.3) is 55.6 Å². The number of anilines is 8. The second-order valence-corrected chi connectivity index (χ2v) is 20.1. The summed E-state index contributed by atoms with van der Waals surface area (Å²) < 4.78 is 0. The van der Waals surface area contributed by atoms with Crippen molar-refractivity contribution in [3.8, 4) is 55.6 Å². The van der Waals surface area contributed by atoms with Crippen LogP contribution in [0.4, 0.5) is 45.5 Å². The van der Waals surface area contributed by atoms with Gasteiger partial charge in [0.1, 0.15) is 0 Å². The van der Waals surface area contributed by atoms with Crippen LogP contribution >= 0.6 is 0 Å². The zero-order chi connectivity index (χ0) is 49.8. The van der Waals surface area contributed by atoms with Crippen molar-refractivity contribution < 1.29 is 0 Å². The summed E-state index contributed by atoms with van der Waals surface area (Å²) in [4.78, 5) is 4.91. The molecule has 0 unspecified atom stereocenters. The maximum Gasteiger partial charge on any atom is 0.197 e. The first-order valence-electron chi connectivity index (χ1n) is 25.7. The molecule has 0 aromatic heterocycles. The van der Waals surface area contributed by atoms with E-state index in [1.54, 1.807) is 0 Å². The maximum atomic E-state index is 4.06. The van der Waals surface area contributed by atoms with E-state index in [0.717, 1.165) is 56.5 Å². The fraction of sp³-hybridized carbons (Fsp3) is 0.0571. The first-order valence-corrected chi connectivity index (χ1v) is 25.7. The Morgan fingerprint density at radius 2 is 0.919 bits per heavy atom. The van der Waals surface area contributed by atoms with E-state index >= 15 is 0 Å². The van der Waals surface area contributed by atoms with Crippen molar-refractivity contribution in [2.75, 3.05) is 15.1 Å². The van der Waals surface area contributed by atoms with E-state index in [1.807, 2.05) is 0 Å². The summed E-state index contributed by atoms with van der Waals surface area (Å²) >= 11 is 0. The van der Waals surface area contributed by atoms with Gasteiger partial charge in [0.05, 0.1) is 0 Å². The molecule has 351 valence electrons. The molecular formula is C70H53BN3. The van der Waals surface area contributed by atoms with Crippen LogP contribution in [0.2, 0.25) is 0 Å². The summed E-state index contributed by atoms with van der Waals surface area (Å²) in [5.74, 6) is 0. The van der Waals surface area contributed by atoms with Gasteiger partial charge in [-0.3, -0.25) is 0 Å². The quantitative estimate of drug-likeness (QED) is 0.138. The predicted molar refractivity (Wildman–Crippen MR) is 315 cm³/mol. The van der Waals surface area contributed by atoms with E-state index in [9.17, 15) is 0 Å². The van der Waals surface area contributed by atoms with Crippen LogP contribution in [-0.2, 0) is 5.41 Å². The summed E-state index contributed by atoms with van der Waals surface area (Å²) in [7, 11) is 2.47. The third-order valence-corrected chi connectivity index (χ3v) is 15.2. The van der Waals surface area contributed by atoms with Crippen LogP contribution in [-0.4, -0.2) is 7.28 Å². The minimum atomic E-state index is -0.294. The van der Waals surface area contributed by atoms with Crippen LogP contribution in [0.15, 0.2) is 261 Å². The third-order valence-electron chi connectivity index (χ3n) is 15.2. The van der Waals surface area contributed by atoms with Gasteiger partial charge in [0.2, 0.25) is 0 Å². The smallest absolute Gasteiger partial charge is 0.197 e. The molecule has 0 fully saturated rings. The fourth-order valence-corrected chi connectivity index (χ4v) is 11.5. The highest BCUT2D eigenvalue weighted by Gasteiger charge is 2.41. The van der Waals surface area contributed by atoms with E-state index < -0.39 is 0 Å². The number of hydrogen-bond donors (Lipinski definition) is 1. The number of benzene rings is 11. The van der Waals surface area contributed by atoms with Crippen molar-refractivity contribution in [2.24, 2.45) is 0 Å². The monoisotopic (exact) mass is 946 g/mol. The van der Waals surface area contributed by atoms with Gasteiger partial charge in [-0.1, -0.05) is 213 Å². The van der Waals surface area contributed by atoms with E-state index in [4.69, 9.17) is 0 Å². The zero-order valence-electron chi connectivity index (χ0n) is 41.8. The molecule has 1 radical (unpaired) electrons. The van der Waals surface area contributed by atoms with Crippen LogP contribution in [0.1, 0.15) is 30.5 Å². The lowest BCUT2D eigenvalue weighted by Gasteiger charge is -2.38. The largest absolute Gasteiger partial charge is 0.355 e. The average Bonchev–Trinajstić information content (AvgIpc) is 3.70. The Morgan fingerprint density at radius 3 is 1.55 bits per heavy atom. The molecule has 3 nitrogen and oxygen atoms in total. The normalized spacial score (nSPS) is 12.7. The molecular weight excluding hydrogens is 894 g/mol. The van der Waals surface area contributed by atoms with Gasteiger partial charge in [0.25, 0.3) is 0 Å². The van der Waals surface area contributed by atoms with Crippen molar-refractivity contribution in [3.05, 3.63) is 278 Å². The Hall–Kier alpha value is -9.12. The molecule has 13 rings (SSSR count). The van der Waals surface area contributed by atoms with Crippen molar-refractivity contribution in [1.29, 1.82) is 0 Å². The van der Waals surface area contributed by atoms with Gasteiger partial charge in [-0.25, -0.2) is 0 Å². The SMILES string of the molecule is Cc1ccc(-c2ccccc2)cc1N1c2ccc(-c3ccccc3)cc2[B]c2c1cc1c(c2-c2ccc(N(c3ccccc3)c3ccccc3)cc2Nc2ccc(-c3ccccc3)cc2)-c2ccccc2C1(C)C. The molecule has 0 amide bonds. The van der Waals surface area contributed by atoms with Crippen LogP contribution < -0.4 is 26.0 Å². The Morgan fingerprint density at radius 1 is 0.392 bits per heavy atom. The van der Waals surface area contributed by atoms with E-state index in [1.165, 1.54) is 72.2 Å². The third kappa shape index (κ3) is 7.87. The molecule has 0 spiro atoms. The Bertz CT molecular complexity index is 3820. The number of fused-ring (bicyclic) bond motifs is 5. The highest BCUT2D eigenvalue weighted by molar-refractivity contribution is 6.73. The lowest BCUT2D eigenvalue weighted by Crippen LogP contribution is -2.41. The minimum absolute atomic E-state index is 0.294. The standard InChI is InChI=1S/C70H53BN3/c1-47-33-34-53(50-25-13-6-14-26-50)44-65(47)74-64-42-37-52(49-23-11-5-12-24-49)43-62(64)71-69-66(74)46-61-67(58-31-19-20-32-60(58)70(61,2)3)68(69)59-41-40-57(73(55-27-15-7-16-28-55)56-29-17-8-18-30-56)45-63(59)72-54-38-35-51(36-39-54)48-21-9-4-10-22-48/h4-46,72H,1-3H3. The average molecular weight is 947 g/mol. The molecule has 11 aromatic rings. The molecule has 1 aliphatic carbocycles. The fourth-order valence-electron chi connectivity index (χ4n) is 11.5. The lowest BCUT2D eigenvalue weighted by atomic mass is 9.56. The summed E-state index contributed by atoms with van der Waals surface area (Å²) in [6.45, 7) is 7.06. The van der Waals surface area contributed by atoms with Gasteiger partial charge in [-0.05, 0) is 146 Å². The first-order chi connectivity index (χ1) is 36.4. The summed E-state index contributed by atoms with van der Waals surface area (Å²) in [5.41, 5.74) is 26.6. The summed E-state index contributed by atoms with van der Waals surface area (Å²) in [5, 5.41) is 4.06. The Kier molecular flexibility index (Phi) is 11.2. The molecule has 1 N–H and O–H groups in total. The molecule has 0 atom stereocenters. The van der Waals surface area contributed by atoms with Crippen molar-refractivity contribution in [3.63, 3.8) is 0 Å². The second kappa shape index (κ2) is 18.5. The van der Waals surface area contributed by atoms with Gasteiger partial charge in [0, 0.05) is 56.5 Å². The number of nitrogens with zero attached hydrogens (tertiary/aromatic N) is 2. The number of hydrogen-bond acceptors (Lipinski definition) is 3. The molecule has 1 heterocycles. The van der Waals surface area contributed by atoms with Crippen LogP contribution in [0.3, 0.4) is 0 Å². The van der Waals surface area contributed by atoms with Gasteiger partial charge in [-0.2, -0.15) is 0 Å². The van der Waals surface area contributed by atoms with Gasteiger partial charge in [0.15, 0.2) is 7.28 Å². The summed E-state index contributed by atoms with van der Waals surface area (Å²) in [6.07, 6.45) is 0. The zero-order valence-corrected chi connectivity index (χ0v) is 41.8. The van der Waals surface area contributed by atoms with Crippen molar-refractivity contribution in [2.45, 2.75) is 26.2 Å². The first kappa shape index (κ1) is 44.8. The van der Waals surface area contributed by atoms with Crippen molar-refractivity contribution >= 4 is 63.7 Å². The second-order valence-electron chi connectivity index (χ2n) is 20.1. The highest BCUT2D eigenvalue weighted by Crippen LogP contribution is 2.56. The number of nitrogens with one attached hydrogen (secondary N) is 1. The molecule has 11 aromatic carbocycles. The molecule has 2 aliphatic rings.